The van der Waals surface area contributed by atoms with E-state index in [2.05, 4.69) is 14.8 Å². The first kappa shape index (κ1) is 13.0. The van der Waals surface area contributed by atoms with Crippen LogP contribution < -0.4 is 4.74 Å². The van der Waals surface area contributed by atoms with Crippen LogP contribution in [0.4, 0.5) is 8.78 Å². The number of nitrogens with zero attached hydrogens (tertiary/aromatic N) is 3. The Morgan fingerprint density at radius 2 is 2.06 bits per heavy atom. The fourth-order valence-electron chi connectivity index (χ4n) is 1.27. The zero-order chi connectivity index (χ0) is 12.7. The molecule has 17 heavy (non-hydrogen) atoms. The molecule has 1 aromatic rings. The van der Waals surface area contributed by atoms with Gasteiger partial charge in [-0.15, -0.1) is 0 Å². The smallest absolute Gasteiger partial charge is 0.190 e. The van der Waals surface area contributed by atoms with Gasteiger partial charge in [-0.1, -0.05) is 17.3 Å². The lowest BCUT2D eigenvalue weighted by atomic mass is 10.1. The van der Waals surface area contributed by atoms with Crippen molar-refractivity contribution in [1.82, 2.24) is 0 Å². The SMILES string of the molecule is COc1c(F)cc(C=CCCN=[N+]=[N-])cc1F. The number of halogens is 2. The Bertz CT molecular complexity index is 445. The highest BCUT2D eigenvalue weighted by Gasteiger charge is 2.09. The molecule has 0 saturated carbocycles. The van der Waals surface area contributed by atoms with Crippen molar-refractivity contribution in [3.8, 4) is 5.75 Å². The van der Waals surface area contributed by atoms with Crippen LogP contribution in [0.5, 0.6) is 5.75 Å². The molecule has 6 heteroatoms. The third-order valence-electron chi connectivity index (χ3n) is 1.99. The van der Waals surface area contributed by atoms with E-state index in [4.69, 9.17) is 5.53 Å². The first-order valence-corrected chi connectivity index (χ1v) is 4.89. The lowest BCUT2D eigenvalue weighted by Gasteiger charge is -2.04. The number of benzene rings is 1. The number of methoxy groups -OCH3 is 1. The molecule has 0 bridgehead atoms. The molecule has 0 unspecified atom stereocenters. The van der Waals surface area contributed by atoms with Crippen molar-refractivity contribution in [2.75, 3.05) is 13.7 Å². The molecule has 1 aromatic carbocycles. The second-order valence-corrected chi connectivity index (χ2v) is 3.16. The summed E-state index contributed by atoms with van der Waals surface area (Å²) in [6.45, 7) is 0.314. The summed E-state index contributed by atoms with van der Waals surface area (Å²) in [6.07, 6.45) is 3.74. The molecule has 90 valence electrons. The zero-order valence-corrected chi connectivity index (χ0v) is 9.23. The van der Waals surface area contributed by atoms with Gasteiger partial charge in [-0.25, -0.2) is 8.78 Å². The third kappa shape index (κ3) is 3.77. The van der Waals surface area contributed by atoms with E-state index in [-0.39, 0.29) is 0 Å². The highest BCUT2D eigenvalue weighted by Crippen LogP contribution is 2.23. The van der Waals surface area contributed by atoms with Gasteiger partial charge in [0, 0.05) is 11.5 Å². The van der Waals surface area contributed by atoms with Crippen LogP contribution in [0, 0.1) is 11.6 Å². The minimum atomic E-state index is -0.748. The fraction of sp³-hybridized carbons (Fsp3) is 0.273. The van der Waals surface area contributed by atoms with E-state index in [0.29, 0.717) is 18.5 Å². The molecule has 0 spiro atoms. The molecule has 0 aromatic heterocycles. The molecule has 1 rings (SSSR count). The van der Waals surface area contributed by atoms with Crippen molar-refractivity contribution >= 4 is 6.08 Å². The quantitative estimate of drug-likeness (QED) is 0.334. The standard InChI is InChI=1S/C11H11F2N3O/c1-17-11-9(12)6-8(7-10(11)13)4-2-3-5-15-16-14/h2,4,6-7H,3,5H2,1H3. The summed E-state index contributed by atoms with van der Waals surface area (Å²) in [7, 11) is 1.21. The Hall–Kier alpha value is -2.07. The van der Waals surface area contributed by atoms with Crippen molar-refractivity contribution < 1.29 is 13.5 Å². The van der Waals surface area contributed by atoms with Crippen molar-refractivity contribution in [2.45, 2.75) is 6.42 Å². The average Bonchev–Trinajstić information content (AvgIpc) is 2.28. The van der Waals surface area contributed by atoms with E-state index in [1.807, 2.05) is 0 Å². The van der Waals surface area contributed by atoms with Gasteiger partial charge in [-0.3, -0.25) is 0 Å². The number of hydrogen-bond donors (Lipinski definition) is 0. The molecule has 0 heterocycles. The number of hydrogen-bond acceptors (Lipinski definition) is 2. The molecule has 0 fully saturated rings. The number of ether oxygens (including phenoxy) is 1. The molecular formula is C11H11F2N3O. The van der Waals surface area contributed by atoms with E-state index < -0.39 is 17.4 Å². The second kappa shape index (κ2) is 6.50. The maximum atomic E-state index is 13.3. The Labute approximate surface area is 97.1 Å². The highest BCUT2D eigenvalue weighted by atomic mass is 19.1. The first-order chi connectivity index (χ1) is 8.19. The predicted molar refractivity (Wildman–Crippen MR) is 60.6 cm³/mol. The summed E-state index contributed by atoms with van der Waals surface area (Å²) >= 11 is 0. The van der Waals surface area contributed by atoms with Crippen molar-refractivity contribution in [2.24, 2.45) is 5.11 Å². The van der Waals surface area contributed by atoms with Crippen LogP contribution in [0.1, 0.15) is 12.0 Å². The maximum Gasteiger partial charge on any atom is 0.190 e. The third-order valence-corrected chi connectivity index (χ3v) is 1.99. The molecule has 0 atom stereocenters. The van der Waals surface area contributed by atoms with E-state index in [9.17, 15) is 8.78 Å². The van der Waals surface area contributed by atoms with Crippen LogP contribution in [0.2, 0.25) is 0 Å². The predicted octanol–water partition coefficient (Wildman–Crippen LogP) is 3.69. The summed E-state index contributed by atoms with van der Waals surface area (Å²) < 4.78 is 31.1. The molecule has 0 saturated heterocycles. The Morgan fingerprint density at radius 1 is 1.41 bits per heavy atom. The van der Waals surface area contributed by atoms with Crippen LogP contribution in [0.15, 0.2) is 23.3 Å². The van der Waals surface area contributed by atoms with Crippen LogP contribution in [0.3, 0.4) is 0 Å². The molecule has 0 aliphatic rings. The number of azide groups is 1. The molecular weight excluding hydrogens is 228 g/mol. The summed E-state index contributed by atoms with van der Waals surface area (Å²) in [5.41, 5.74) is 8.42. The van der Waals surface area contributed by atoms with Gasteiger partial charge in [0.05, 0.1) is 7.11 Å². The van der Waals surface area contributed by atoms with Gasteiger partial charge in [0.1, 0.15) is 0 Å². The molecule has 4 nitrogen and oxygen atoms in total. The summed E-state index contributed by atoms with van der Waals surface area (Å²) in [5.74, 6) is -1.89. The van der Waals surface area contributed by atoms with E-state index in [1.54, 1.807) is 12.2 Å². The minimum Gasteiger partial charge on any atom is -0.491 e. The highest BCUT2D eigenvalue weighted by molar-refractivity contribution is 5.51. The van der Waals surface area contributed by atoms with Crippen LogP contribution >= 0.6 is 0 Å². The van der Waals surface area contributed by atoms with Crippen molar-refractivity contribution in [3.63, 3.8) is 0 Å². The maximum absolute atomic E-state index is 13.3. The second-order valence-electron chi connectivity index (χ2n) is 3.16. The normalized spacial score (nSPS) is 10.3. The van der Waals surface area contributed by atoms with Crippen LogP contribution in [0.25, 0.3) is 16.5 Å². The Kier molecular flexibility index (Phi) is 4.97. The minimum absolute atomic E-state index is 0.314. The van der Waals surface area contributed by atoms with Crippen LogP contribution in [-0.4, -0.2) is 13.7 Å². The largest absolute Gasteiger partial charge is 0.491 e. The molecule has 0 aliphatic carbocycles. The lowest BCUT2D eigenvalue weighted by Crippen LogP contribution is -1.93. The Balaban J connectivity index is 2.76. The summed E-state index contributed by atoms with van der Waals surface area (Å²) in [4.78, 5) is 2.59. The number of rotatable bonds is 5. The Morgan fingerprint density at radius 3 is 2.59 bits per heavy atom. The van der Waals surface area contributed by atoms with Crippen molar-refractivity contribution in [3.05, 3.63) is 45.8 Å². The van der Waals surface area contributed by atoms with Gasteiger partial charge in [-0.05, 0) is 29.6 Å². The summed E-state index contributed by atoms with van der Waals surface area (Å²) in [6, 6.07) is 2.35. The van der Waals surface area contributed by atoms with Gasteiger partial charge in [0.25, 0.3) is 0 Å². The van der Waals surface area contributed by atoms with E-state index in [0.717, 1.165) is 0 Å². The first-order valence-electron chi connectivity index (χ1n) is 4.89. The van der Waals surface area contributed by atoms with E-state index in [1.165, 1.54) is 19.2 Å². The van der Waals surface area contributed by atoms with E-state index >= 15 is 0 Å². The topological polar surface area (TPSA) is 58.0 Å². The van der Waals surface area contributed by atoms with Gasteiger partial charge in [-0.2, -0.15) is 0 Å². The lowest BCUT2D eigenvalue weighted by molar-refractivity contribution is 0.360. The van der Waals surface area contributed by atoms with Gasteiger partial charge >= 0.3 is 0 Å². The zero-order valence-electron chi connectivity index (χ0n) is 9.23. The van der Waals surface area contributed by atoms with Gasteiger partial charge in [0.2, 0.25) is 0 Å². The molecule has 0 aliphatic heterocycles. The molecule has 0 N–H and O–H groups in total. The molecule has 0 amide bonds. The monoisotopic (exact) mass is 239 g/mol. The molecule has 0 radical (unpaired) electrons. The summed E-state index contributed by atoms with van der Waals surface area (Å²) in [5, 5.41) is 3.33. The van der Waals surface area contributed by atoms with Gasteiger partial charge in [0.15, 0.2) is 17.4 Å². The fourth-order valence-corrected chi connectivity index (χ4v) is 1.27. The average molecular weight is 239 g/mol. The van der Waals surface area contributed by atoms with Gasteiger partial charge < -0.3 is 4.74 Å². The van der Waals surface area contributed by atoms with Crippen molar-refractivity contribution in [1.29, 1.82) is 0 Å². The van der Waals surface area contributed by atoms with Crippen LogP contribution in [-0.2, 0) is 0 Å².